The molecule has 3 rings (SSSR count). The Hall–Kier alpha value is -3.49. The van der Waals surface area contributed by atoms with Crippen molar-refractivity contribution >= 4 is 21.7 Å². The molecule has 3 aromatic rings. The SMILES string of the molecule is CCCCc1ccccc1COCc1ccc(C(=O)N[C@@H](CCS(C)(=O)=O)C(=O)O)c(-c2ccccc2C)c1. The highest BCUT2D eigenvalue weighted by molar-refractivity contribution is 7.90. The van der Waals surface area contributed by atoms with E-state index in [1.807, 2.05) is 49.4 Å². The second-order valence-corrected chi connectivity index (χ2v) is 12.1. The summed E-state index contributed by atoms with van der Waals surface area (Å²) in [5.74, 6) is -2.20. The number of unbranched alkanes of at least 4 members (excludes halogenated alkanes) is 1. The summed E-state index contributed by atoms with van der Waals surface area (Å²) in [5.41, 5.74) is 6.10. The van der Waals surface area contributed by atoms with E-state index >= 15 is 0 Å². The summed E-state index contributed by atoms with van der Waals surface area (Å²) in [6.45, 7) is 4.93. The van der Waals surface area contributed by atoms with E-state index < -0.39 is 27.8 Å². The molecule has 8 heteroatoms. The van der Waals surface area contributed by atoms with Crippen LogP contribution in [-0.4, -0.2) is 43.5 Å². The van der Waals surface area contributed by atoms with Crippen molar-refractivity contribution in [1.82, 2.24) is 5.32 Å². The maximum atomic E-state index is 13.3. The molecule has 2 N–H and O–H groups in total. The van der Waals surface area contributed by atoms with Gasteiger partial charge in [-0.3, -0.25) is 4.79 Å². The van der Waals surface area contributed by atoms with Crippen molar-refractivity contribution < 1.29 is 27.9 Å². The number of aryl methyl sites for hydroxylation is 2. The number of ether oxygens (including phenoxy) is 1. The van der Waals surface area contributed by atoms with E-state index in [-0.39, 0.29) is 12.2 Å². The van der Waals surface area contributed by atoms with E-state index in [2.05, 4.69) is 24.4 Å². The molecule has 0 aromatic heterocycles. The van der Waals surface area contributed by atoms with Crippen LogP contribution < -0.4 is 5.32 Å². The highest BCUT2D eigenvalue weighted by Crippen LogP contribution is 2.29. The number of sulfone groups is 1. The zero-order valence-corrected chi connectivity index (χ0v) is 23.6. The Morgan fingerprint density at radius 2 is 1.64 bits per heavy atom. The van der Waals surface area contributed by atoms with Gasteiger partial charge in [-0.05, 0) is 71.7 Å². The first-order chi connectivity index (χ1) is 18.6. The number of carbonyl (C=O) groups is 2. The Bertz CT molecular complexity index is 1400. The lowest BCUT2D eigenvalue weighted by atomic mass is 9.93. The average Bonchev–Trinajstić information content (AvgIpc) is 2.90. The van der Waals surface area contributed by atoms with Crippen molar-refractivity contribution in [3.8, 4) is 11.1 Å². The molecule has 0 unspecified atom stereocenters. The minimum absolute atomic E-state index is 0.217. The van der Waals surface area contributed by atoms with E-state index in [1.54, 1.807) is 12.1 Å². The Labute approximate surface area is 231 Å². The van der Waals surface area contributed by atoms with Crippen LogP contribution in [0, 0.1) is 6.92 Å². The molecule has 0 fully saturated rings. The third-order valence-corrected chi connectivity index (χ3v) is 7.57. The van der Waals surface area contributed by atoms with E-state index in [9.17, 15) is 23.1 Å². The molecule has 1 amide bonds. The minimum Gasteiger partial charge on any atom is -0.480 e. The highest BCUT2D eigenvalue weighted by atomic mass is 32.2. The fourth-order valence-corrected chi connectivity index (χ4v) is 5.05. The maximum absolute atomic E-state index is 13.3. The summed E-state index contributed by atoms with van der Waals surface area (Å²) in [5, 5.41) is 12.1. The van der Waals surface area contributed by atoms with E-state index in [0.717, 1.165) is 47.8 Å². The molecule has 0 aliphatic rings. The highest BCUT2D eigenvalue weighted by Gasteiger charge is 2.24. The van der Waals surface area contributed by atoms with Gasteiger partial charge in [0.15, 0.2) is 0 Å². The lowest BCUT2D eigenvalue weighted by molar-refractivity contribution is -0.139. The van der Waals surface area contributed by atoms with E-state index in [0.29, 0.717) is 24.3 Å². The summed E-state index contributed by atoms with van der Waals surface area (Å²) in [6.07, 6.45) is 4.08. The van der Waals surface area contributed by atoms with Gasteiger partial charge in [0, 0.05) is 11.8 Å². The van der Waals surface area contributed by atoms with Gasteiger partial charge < -0.3 is 15.2 Å². The molecule has 208 valence electrons. The standard InChI is InChI=1S/C31H37NO6S/c1-4-5-11-24-12-7-8-13-25(24)21-38-20-23-15-16-27(28(19-23)26-14-9-6-10-22(26)2)30(33)32-29(31(34)35)17-18-39(3,36)37/h6-10,12-16,19,29H,4-5,11,17-18,20-21H2,1-3H3,(H,32,33)(H,34,35)/t29-/m0/s1. The van der Waals surface area contributed by atoms with Crippen molar-refractivity contribution in [2.75, 3.05) is 12.0 Å². The molecule has 39 heavy (non-hydrogen) atoms. The fourth-order valence-electron chi connectivity index (χ4n) is 4.39. The lowest BCUT2D eigenvalue weighted by Crippen LogP contribution is -2.42. The number of carbonyl (C=O) groups excluding carboxylic acids is 1. The van der Waals surface area contributed by atoms with Gasteiger partial charge in [0.25, 0.3) is 5.91 Å². The number of hydrogen-bond acceptors (Lipinski definition) is 5. The van der Waals surface area contributed by atoms with Gasteiger partial charge in [0.1, 0.15) is 15.9 Å². The summed E-state index contributed by atoms with van der Waals surface area (Å²) in [4.78, 5) is 25.0. The van der Waals surface area contributed by atoms with Gasteiger partial charge >= 0.3 is 5.97 Å². The molecule has 0 spiro atoms. The number of aliphatic carboxylic acids is 1. The smallest absolute Gasteiger partial charge is 0.326 e. The first kappa shape index (κ1) is 30.1. The third kappa shape index (κ3) is 9.04. The van der Waals surface area contributed by atoms with Crippen molar-refractivity contribution in [1.29, 1.82) is 0 Å². The molecule has 3 aromatic carbocycles. The van der Waals surface area contributed by atoms with Gasteiger partial charge in [-0.2, -0.15) is 0 Å². The Morgan fingerprint density at radius 1 is 0.949 bits per heavy atom. The monoisotopic (exact) mass is 551 g/mol. The van der Waals surface area contributed by atoms with Crippen LogP contribution in [0.4, 0.5) is 0 Å². The second kappa shape index (κ2) is 14.1. The minimum atomic E-state index is -3.38. The summed E-state index contributed by atoms with van der Waals surface area (Å²) in [6, 6.07) is 20.0. The van der Waals surface area contributed by atoms with Crippen LogP contribution in [-0.2, 0) is 39.0 Å². The molecule has 7 nitrogen and oxygen atoms in total. The normalized spacial score (nSPS) is 12.2. The van der Waals surface area contributed by atoms with Gasteiger partial charge in [-0.15, -0.1) is 0 Å². The van der Waals surface area contributed by atoms with E-state index in [1.165, 1.54) is 5.56 Å². The first-order valence-corrected chi connectivity index (χ1v) is 15.2. The summed E-state index contributed by atoms with van der Waals surface area (Å²) in [7, 11) is -3.38. The number of benzene rings is 3. The fraction of sp³-hybridized carbons (Fsp3) is 0.355. The number of rotatable bonds is 14. The number of carboxylic acids is 1. The lowest BCUT2D eigenvalue weighted by Gasteiger charge is -2.18. The number of nitrogens with one attached hydrogen (secondary N) is 1. The molecule has 0 saturated carbocycles. The zero-order valence-electron chi connectivity index (χ0n) is 22.8. The largest absolute Gasteiger partial charge is 0.480 e. The first-order valence-electron chi connectivity index (χ1n) is 13.1. The quantitative estimate of drug-likeness (QED) is 0.280. The predicted molar refractivity (Wildman–Crippen MR) is 153 cm³/mol. The predicted octanol–water partition coefficient (Wildman–Crippen LogP) is 5.34. The molecule has 0 saturated heterocycles. The Kier molecular flexibility index (Phi) is 10.8. The summed E-state index contributed by atoms with van der Waals surface area (Å²) >= 11 is 0. The maximum Gasteiger partial charge on any atom is 0.326 e. The summed E-state index contributed by atoms with van der Waals surface area (Å²) < 4.78 is 29.2. The van der Waals surface area contributed by atoms with Gasteiger partial charge in [0.2, 0.25) is 0 Å². The Morgan fingerprint density at radius 3 is 2.31 bits per heavy atom. The van der Waals surface area contributed by atoms with Crippen LogP contribution >= 0.6 is 0 Å². The number of carboxylic acid groups (broad SMARTS) is 1. The van der Waals surface area contributed by atoms with Crippen molar-refractivity contribution in [2.24, 2.45) is 0 Å². The molecule has 0 heterocycles. The van der Waals surface area contributed by atoms with Gasteiger partial charge in [-0.25, -0.2) is 13.2 Å². The van der Waals surface area contributed by atoms with Crippen LogP contribution in [0.2, 0.25) is 0 Å². The van der Waals surface area contributed by atoms with Crippen LogP contribution in [0.3, 0.4) is 0 Å². The zero-order chi connectivity index (χ0) is 28.4. The van der Waals surface area contributed by atoms with Crippen LogP contribution in [0.15, 0.2) is 66.7 Å². The second-order valence-electron chi connectivity index (χ2n) is 9.84. The topological polar surface area (TPSA) is 110 Å². The van der Waals surface area contributed by atoms with Crippen LogP contribution in [0.25, 0.3) is 11.1 Å². The van der Waals surface area contributed by atoms with Crippen molar-refractivity contribution in [3.05, 3.63) is 94.5 Å². The van der Waals surface area contributed by atoms with Crippen molar-refractivity contribution in [3.63, 3.8) is 0 Å². The average molecular weight is 552 g/mol. The third-order valence-electron chi connectivity index (χ3n) is 6.59. The molecule has 0 aliphatic heterocycles. The molecule has 0 bridgehead atoms. The molecular formula is C31H37NO6S. The van der Waals surface area contributed by atoms with Crippen LogP contribution in [0.5, 0.6) is 0 Å². The van der Waals surface area contributed by atoms with E-state index in [4.69, 9.17) is 4.74 Å². The number of hydrogen-bond donors (Lipinski definition) is 2. The molecule has 1 atom stereocenters. The number of amides is 1. The molecule has 0 aliphatic carbocycles. The van der Waals surface area contributed by atoms with Gasteiger partial charge in [-0.1, -0.05) is 67.9 Å². The Balaban J connectivity index is 1.83. The van der Waals surface area contributed by atoms with Crippen LogP contribution in [0.1, 0.15) is 58.8 Å². The van der Waals surface area contributed by atoms with Crippen molar-refractivity contribution in [2.45, 2.75) is 58.8 Å². The molecular weight excluding hydrogens is 514 g/mol. The molecule has 0 radical (unpaired) electrons. The van der Waals surface area contributed by atoms with Gasteiger partial charge in [0.05, 0.1) is 19.0 Å².